The van der Waals surface area contributed by atoms with Crippen LogP contribution in [0.5, 0.6) is 0 Å². The van der Waals surface area contributed by atoms with E-state index in [0.717, 1.165) is 5.56 Å². The third-order valence-corrected chi connectivity index (χ3v) is 5.30. The SMILES string of the molecule is Nc1c(/N=N/c2cccnc2-c2ccccc2)cc(S(=O)(=O)O)c2ccccc12. The van der Waals surface area contributed by atoms with Crippen LogP contribution in [0.2, 0.25) is 0 Å². The molecule has 3 aromatic carbocycles. The fraction of sp³-hybridized carbons (Fsp3) is 0. The number of aromatic nitrogens is 1. The van der Waals surface area contributed by atoms with Gasteiger partial charge >= 0.3 is 0 Å². The lowest BCUT2D eigenvalue weighted by Crippen LogP contribution is -2.01. The smallest absolute Gasteiger partial charge is 0.295 e. The molecule has 4 aromatic rings. The van der Waals surface area contributed by atoms with Gasteiger partial charge in [-0.15, -0.1) is 10.2 Å². The van der Waals surface area contributed by atoms with Crippen molar-refractivity contribution in [3.63, 3.8) is 0 Å². The van der Waals surface area contributed by atoms with Crippen LogP contribution in [-0.2, 0) is 10.1 Å². The number of fused-ring (bicyclic) bond motifs is 1. The average molecular weight is 404 g/mol. The predicted molar refractivity (Wildman–Crippen MR) is 112 cm³/mol. The van der Waals surface area contributed by atoms with Crippen molar-refractivity contribution in [2.45, 2.75) is 4.90 Å². The van der Waals surface area contributed by atoms with Crippen LogP contribution in [-0.4, -0.2) is 18.0 Å². The summed E-state index contributed by atoms with van der Waals surface area (Å²) in [5.41, 5.74) is 8.60. The highest BCUT2D eigenvalue weighted by Crippen LogP contribution is 2.37. The van der Waals surface area contributed by atoms with Gasteiger partial charge in [0, 0.05) is 22.5 Å². The van der Waals surface area contributed by atoms with Crippen molar-refractivity contribution in [3.05, 3.63) is 79.0 Å². The first-order chi connectivity index (χ1) is 13.9. The van der Waals surface area contributed by atoms with E-state index in [0.29, 0.717) is 22.2 Å². The lowest BCUT2D eigenvalue weighted by molar-refractivity contribution is 0.484. The summed E-state index contributed by atoms with van der Waals surface area (Å²) in [6.45, 7) is 0. The van der Waals surface area contributed by atoms with Crippen LogP contribution in [0.25, 0.3) is 22.0 Å². The molecule has 4 rings (SSSR count). The van der Waals surface area contributed by atoms with Gasteiger partial charge in [0.15, 0.2) is 0 Å². The Labute approximate surface area is 167 Å². The Morgan fingerprint density at radius 1 is 0.828 bits per heavy atom. The van der Waals surface area contributed by atoms with Gasteiger partial charge in [0.05, 0.1) is 11.4 Å². The fourth-order valence-electron chi connectivity index (χ4n) is 3.05. The molecule has 0 saturated carbocycles. The molecule has 0 aliphatic carbocycles. The van der Waals surface area contributed by atoms with Gasteiger partial charge in [-0.3, -0.25) is 9.54 Å². The van der Waals surface area contributed by atoms with Crippen LogP contribution < -0.4 is 5.73 Å². The second-order valence-corrected chi connectivity index (χ2v) is 7.66. The molecule has 0 unspecified atom stereocenters. The van der Waals surface area contributed by atoms with Gasteiger partial charge < -0.3 is 5.73 Å². The number of nitrogen functional groups attached to an aromatic ring is 1. The first-order valence-electron chi connectivity index (χ1n) is 8.66. The van der Waals surface area contributed by atoms with E-state index in [1.54, 1.807) is 42.6 Å². The highest BCUT2D eigenvalue weighted by atomic mass is 32.2. The Kier molecular flexibility index (Phi) is 4.79. The number of hydrogen-bond donors (Lipinski definition) is 2. The summed E-state index contributed by atoms with van der Waals surface area (Å²) in [5, 5.41) is 9.20. The van der Waals surface area contributed by atoms with Gasteiger partial charge in [-0.2, -0.15) is 8.42 Å². The van der Waals surface area contributed by atoms with E-state index in [2.05, 4.69) is 15.2 Å². The number of pyridine rings is 1. The Bertz CT molecular complexity index is 1340. The summed E-state index contributed by atoms with van der Waals surface area (Å²) in [6.07, 6.45) is 1.65. The minimum Gasteiger partial charge on any atom is -0.396 e. The summed E-state index contributed by atoms with van der Waals surface area (Å²) in [7, 11) is -4.47. The number of nitrogens with two attached hydrogens (primary N) is 1. The molecule has 0 saturated heterocycles. The van der Waals surface area contributed by atoms with Gasteiger partial charge in [-0.05, 0) is 18.2 Å². The third-order valence-electron chi connectivity index (χ3n) is 4.40. The molecule has 7 nitrogen and oxygen atoms in total. The summed E-state index contributed by atoms with van der Waals surface area (Å²) >= 11 is 0. The molecule has 3 N–H and O–H groups in total. The monoisotopic (exact) mass is 404 g/mol. The van der Waals surface area contributed by atoms with Gasteiger partial charge in [0.25, 0.3) is 10.1 Å². The highest BCUT2D eigenvalue weighted by Gasteiger charge is 2.18. The number of azo groups is 1. The van der Waals surface area contributed by atoms with E-state index >= 15 is 0 Å². The van der Waals surface area contributed by atoms with E-state index in [4.69, 9.17) is 5.73 Å². The number of anilines is 1. The molecule has 0 fully saturated rings. The molecule has 0 amide bonds. The molecule has 0 radical (unpaired) electrons. The van der Waals surface area contributed by atoms with Gasteiger partial charge in [0.1, 0.15) is 16.3 Å². The van der Waals surface area contributed by atoms with Crippen molar-refractivity contribution >= 4 is 38.0 Å². The molecule has 29 heavy (non-hydrogen) atoms. The first kappa shape index (κ1) is 18.7. The van der Waals surface area contributed by atoms with Gasteiger partial charge in [-0.25, -0.2) is 0 Å². The normalized spacial score (nSPS) is 11.9. The molecule has 144 valence electrons. The second-order valence-electron chi connectivity index (χ2n) is 6.27. The average Bonchev–Trinajstić information content (AvgIpc) is 2.73. The lowest BCUT2D eigenvalue weighted by atomic mass is 10.1. The zero-order valence-electron chi connectivity index (χ0n) is 15.1. The minimum atomic E-state index is -4.47. The molecule has 1 heterocycles. The molecular weight excluding hydrogens is 388 g/mol. The highest BCUT2D eigenvalue weighted by molar-refractivity contribution is 7.86. The number of benzene rings is 3. The van der Waals surface area contributed by atoms with E-state index in [1.165, 1.54) is 6.07 Å². The van der Waals surface area contributed by atoms with E-state index in [-0.39, 0.29) is 16.3 Å². The maximum Gasteiger partial charge on any atom is 0.295 e. The molecule has 0 atom stereocenters. The standard InChI is InChI=1S/C21H16N4O3S/c22-20-16-10-5-4-9-15(16)19(29(26,27)28)13-18(20)25-24-17-11-6-12-23-21(17)14-7-2-1-3-8-14/h1-13H,22H2,(H,26,27,28)/b25-24+. The molecule has 1 aromatic heterocycles. The summed E-state index contributed by atoms with van der Waals surface area (Å²) in [6, 6.07) is 20.8. The van der Waals surface area contributed by atoms with Crippen molar-refractivity contribution in [1.29, 1.82) is 0 Å². The molecule has 0 aliphatic rings. The van der Waals surface area contributed by atoms with Crippen LogP contribution in [0.4, 0.5) is 17.1 Å². The maximum absolute atomic E-state index is 11.9. The van der Waals surface area contributed by atoms with E-state index in [9.17, 15) is 13.0 Å². The molecule has 8 heteroatoms. The van der Waals surface area contributed by atoms with Gasteiger partial charge in [-0.1, -0.05) is 54.6 Å². The van der Waals surface area contributed by atoms with Crippen molar-refractivity contribution in [3.8, 4) is 11.3 Å². The summed E-state index contributed by atoms with van der Waals surface area (Å²) in [5.74, 6) is 0. The topological polar surface area (TPSA) is 118 Å². The minimum absolute atomic E-state index is 0.138. The van der Waals surface area contributed by atoms with Crippen LogP contribution in [0.15, 0.2) is 94.1 Å². The number of rotatable bonds is 4. The molecule has 0 spiro atoms. The van der Waals surface area contributed by atoms with E-state index in [1.807, 2.05) is 30.3 Å². The largest absolute Gasteiger partial charge is 0.396 e. The Morgan fingerprint density at radius 3 is 2.21 bits per heavy atom. The van der Waals surface area contributed by atoms with E-state index < -0.39 is 10.1 Å². The first-order valence-corrected chi connectivity index (χ1v) is 10.1. The third kappa shape index (κ3) is 3.71. The van der Waals surface area contributed by atoms with Crippen LogP contribution >= 0.6 is 0 Å². The molecule has 0 bridgehead atoms. The quantitative estimate of drug-likeness (QED) is 0.277. The zero-order valence-corrected chi connectivity index (χ0v) is 15.9. The summed E-state index contributed by atoms with van der Waals surface area (Å²) in [4.78, 5) is 4.10. The van der Waals surface area contributed by atoms with Crippen molar-refractivity contribution < 1.29 is 13.0 Å². The fourth-order valence-corrected chi connectivity index (χ4v) is 3.77. The number of nitrogens with zero attached hydrogens (tertiary/aromatic N) is 3. The van der Waals surface area contributed by atoms with Crippen LogP contribution in [0.1, 0.15) is 0 Å². The van der Waals surface area contributed by atoms with Crippen molar-refractivity contribution in [2.24, 2.45) is 10.2 Å². The zero-order chi connectivity index (χ0) is 20.4. The Hall–Kier alpha value is -3.62. The molecule has 0 aliphatic heterocycles. The van der Waals surface area contributed by atoms with Crippen LogP contribution in [0, 0.1) is 0 Å². The van der Waals surface area contributed by atoms with Crippen molar-refractivity contribution in [1.82, 2.24) is 4.98 Å². The molecular formula is C21H16N4O3S. The lowest BCUT2D eigenvalue weighted by Gasteiger charge is -2.09. The number of hydrogen-bond acceptors (Lipinski definition) is 6. The van der Waals surface area contributed by atoms with Crippen molar-refractivity contribution in [2.75, 3.05) is 5.73 Å². The van der Waals surface area contributed by atoms with Gasteiger partial charge in [0.2, 0.25) is 0 Å². The second kappa shape index (κ2) is 7.42. The maximum atomic E-state index is 11.9. The predicted octanol–water partition coefficient (Wildman–Crippen LogP) is 5.15. The Balaban J connectivity index is 1.86. The summed E-state index contributed by atoms with van der Waals surface area (Å²) < 4.78 is 33.3. The van der Waals surface area contributed by atoms with Crippen LogP contribution in [0.3, 0.4) is 0 Å². The Morgan fingerprint density at radius 2 is 1.48 bits per heavy atom.